The molecule has 1 atom stereocenters. The van der Waals surface area contributed by atoms with Crippen LogP contribution in [0.4, 0.5) is 11.4 Å². The molecule has 104 valence electrons. The molecule has 1 aliphatic rings. The Morgan fingerprint density at radius 1 is 1.32 bits per heavy atom. The second-order valence-corrected chi connectivity index (χ2v) is 5.27. The normalized spacial score (nSPS) is 16.4. The number of hydrogen-bond donors (Lipinski definition) is 1. The van der Waals surface area contributed by atoms with Crippen LogP contribution in [0, 0.1) is 0 Å². The van der Waals surface area contributed by atoms with Gasteiger partial charge in [-0.2, -0.15) is 0 Å². The quantitative estimate of drug-likeness (QED) is 0.885. The van der Waals surface area contributed by atoms with Crippen molar-refractivity contribution in [2.45, 2.75) is 32.2 Å². The Hall–Kier alpha value is -1.71. The first-order valence-electron chi connectivity index (χ1n) is 6.87. The molecule has 0 aromatic heterocycles. The molecule has 4 heteroatoms. The minimum atomic E-state index is -0.756. The van der Waals surface area contributed by atoms with E-state index >= 15 is 0 Å². The molecule has 1 aromatic rings. The lowest BCUT2D eigenvalue weighted by molar-refractivity contribution is -0.137. The number of rotatable bonds is 5. The third kappa shape index (κ3) is 3.40. The third-order valence-electron chi connectivity index (χ3n) is 3.86. The molecule has 4 nitrogen and oxygen atoms in total. The number of nitrogens with zero attached hydrogens (tertiary/aromatic N) is 2. The van der Waals surface area contributed by atoms with Crippen molar-refractivity contribution in [1.82, 2.24) is 0 Å². The van der Waals surface area contributed by atoms with Gasteiger partial charge < -0.3 is 14.9 Å². The van der Waals surface area contributed by atoms with Crippen molar-refractivity contribution in [3.8, 4) is 0 Å². The van der Waals surface area contributed by atoms with E-state index in [1.807, 2.05) is 18.9 Å². The molecule has 1 fully saturated rings. The van der Waals surface area contributed by atoms with E-state index in [1.54, 1.807) is 0 Å². The lowest BCUT2D eigenvalue weighted by Crippen LogP contribution is -2.30. The minimum absolute atomic E-state index is 0.00450. The highest BCUT2D eigenvalue weighted by atomic mass is 16.4. The Morgan fingerprint density at radius 3 is 2.42 bits per heavy atom. The zero-order valence-electron chi connectivity index (χ0n) is 11.7. The molecule has 1 heterocycles. The first-order valence-corrected chi connectivity index (χ1v) is 6.87. The summed E-state index contributed by atoms with van der Waals surface area (Å²) in [6, 6.07) is 8.41. The maximum Gasteiger partial charge on any atom is 0.305 e. The summed E-state index contributed by atoms with van der Waals surface area (Å²) in [4.78, 5) is 15.1. The highest BCUT2D eigenvalue weighted by Crippen LogP contribution is 2.24. The van der Waals surface area contributed by atoms with Gasteiger partial charge in [-0.15, -0.1) is 0 Å². The number of carbonyl (C=O) groups is 1. The van der Waals surface area contributed by atoms with Crippen molar-refractivity contribution in [1.29, 1.82) is 0 Å². The fourth-order valence-electron chi connectivity index (χ4n) is 2.52. The highest BCUT2D eigenvalue weighted by Gasteiger charge is 2.15. The van der Waals surface area contributed by atoms with Crippen molar-refractivity contribution in [2.24, 2.45) is 0 Å². The number of benzene rings is 1. The molecule has 1 N–H and O–H groups in total. The number of hydrogen-bond acceptors (Lipinski definition) is 3. The summed E-state index contributed by atoms with van der Waals surface area (Å²) in [5.41, 5.74) is 2.33. The van der Waals surface area contributed by atoms with Crippen LogP contribution in [0.2, 0.25) is 0 Å². The van der Waals surface area contributed by atoms with Gasteiger partial charge in [0, 0.05) is 37.6 Å². The van der Waals surface area contributed by atoms with E-state index in [1.165, 1.54) is 18.5 Å². The lowest BCUT2D eigenvalue weighted by Gasteiger charge is -2.26. The van der Waals surface area contributed by atoms with Crippen molar-refractivity contribution >= 4 is 17.3 Å². The monoisotopic (exact) mass is 262 g/mol. The average Bonchev–Trinajstić information content (AvgIpc) is 2.91. The van der Waals surface area contributed by atoms with Crippen molar-refractivity contribution in [3.63, 3.8) is 0 Å². The molecule has 1 aliphatic heterocycles. The summed E-state index contributed by atoms with van der Waals surface area (Å²) >= 11 is 0. The maximum atomic E-state index is 10.7. The maximum absolute atomic E-state index is 10.7. The van der Waals surface area contributed by atoms with Crippen LogP contribution in [-0.2, 0) is 4.79 Å². The predicted octanol–water partition coefficient (Wildman–Crippen LogP) is 2.59. The Morgan fingerprint density at radius 2 is 1.89 bits per heavy atom. The molecule has 0 aliphatic carbocycles. The van der Waals surface area contributed by atoms with E-state index in [0.717, 1.165) is 18.8 Å². The SMILES string of the molecule is CC(CC(=O)O)N(C)c1ccc(N2CCCC2)cc1. The summed E-state index contributed by atoms with van der Waals surface area (Å²) in [7, 11) is 1.94. The molecule has 0 bridgehead atoms. The molecule has 0 spiro atoms. The molecule has 1 saturated heterocycles. The summed E-state index contributed by atoms with van der Waals surface area (Å²) < 4.78 is 0. The van der Waals surface area contributed by atoms with Crippen LogP contribution in [0.1, 0.15) is 26.2 Å². The van der Waals surface area contributed by atoms with Crippen LogP contribution in [-0.4, -0.2) is 37.3 Å². The standard InChI is InChI=1S/C15H22N2O2/c1-12(11-15(18)19)16(2)13-5-7-14(8-6-13)17-9-3-4-10-17/h5-8,12H,3-4,9-11H2,1-2H3,(H,18,19). The molecule has 0 saturated carbocycles. The molecule has 0 amide bonds. The van der Waals surface area contributed by atoms with Crippen LogP contribution in [0.15, 0.2) is 24.3 Å². The van der Waals surface area contributed by atoms with Gasteiger partial charge >= 0.3 is 5.97 Å². The zero-order chi connectivity index (χ0) is 13.8. The van der Waals surface area contributed by atoms with E-state index < -0.39 is 5.97 Å². The Balaban J connectivity index is 2.02. The average molecular weight is 262 g/mol. The van der Waals surface area contributed by atoms with E-state index in [0.29, 0.717) is 0 Å². The lowest BCUT2D eigenvalue weighted by atomic mass is 10.1. The van der Waals surface area contributed by atoms with E-state index in [-0.39, 0.29) is 12.5 Å². The Kier molecular flexibility index (Phi) is 4.30. The first kappa shape index (κ1) is 13.7. The van der Waals surface area contributed by atoms with Gasteiger partial charge in [0.15, 0.2) is 0 Å². The second kappa shape index (κ2) is 5.95. The predicted molar refractivity (Wildman–Crippen MR) is 78.0 cm³/mol. The van der Waals surface area contributed by atoms with E-state index in [9.17, 15) is 4.79 Å². The molecular weight excluding hydrogens is 240 g/mol. The zero-order valence-corrected chi connectivity index (χ0v) is 11.7. The number of anilines is 2. The van der Waals surface area contributed by atoms with Crippen LogP contribution in [0.5, 0.6) is 0 Å². The van der Waals surface area contributed by atoms with Gasteiger partial charge in [-0.05, 0) is 44.0 Å². The van der Waals surface area contributed by atoms with Crippen LogP contribution >= 0.6 is 0 Å². The third-order valence-corrected chi connectivity index (χ3v) is 3.86. The summed E-state index contributed by atoms with van der Waals surface area (Å²) in [6.45, 7) is 4.22. The topological polar surface area (TPSA) is 43.8 Å². The summed E-state index contributed by atoms with van der Waals surface area (Å²) in [5, 5.41) is 8.83. The van der Waals surface area contributed by atoms with Crippen LogP contribution < -0.4 is 9.80 Å². The van der Waals surface area contributed by atoms with Crippen molar-refractivity contribution in [3.05, 3.63) is 24.3 Å². The Labute approximate surface area is 114 Å². The van der Waals surface area contributed by atoms with Gasteiger partial charge in [-0.25, -0.2) is 0 Å². The van der Waals surface area contributed by atoms with Crippen LogP contribution in [0.3, 0.4) is 0 Å². The van der Waals surface area contributed by atoms with E-state index in [2.05, 4.69) is 29.2 Å². The Bertz CT molecular complexity index is 424. The molecular formula is C15H22N2O2. The molecule has 1 aromatic carbocycles. The van der Waals surface area contributed by atoms with Crippen molar-refractivity contribution in [2.75, 3.05) is 29.9 Å². The molecule has 2 rings (SSSR count). The van der Waals surface area contributed by atoms with Gasteiger partial charge in [0.1, 0.15) is 0 Å². The van der Waals surface area contributed by atoms with Gasteiger partial charge in [0.2, 0.25) is 0 Å². The second-order valence-electron chi connectivity index (χ2n) is 5.27. The summed E-state index contributed by atoms with van der Waals surface area (Å²) in [6.07, 6.45) is 2.71. The van der Waals surface area contributed by atoms with Crippen molar-refractivity contribution < 1.29 is 9.90 Å². The minimum Gasteiger partial charge on any atom is -0.481 e. The number of carboxylic acids is 1. The number of aliphatic carboxylic acids is 1. The molecule has 0 radical (unpaired) electrons. The highest BCUT2D eigenvalue weighted by molar-refractivity contribution is 5.68. The van der Waals surface area contributed by atoms with Crippen LogP contribution in [0.25, 0.3) is 0 Å². The van der Waals surface area contributed by atoms with Gasteiger partial charge in [-0.3, -0.25) is 4.79 Å². The number of carboxylic acid groups (broad SMARTS) is 1. The smallest absolute Gasteiger partial charge is 0.305 e. The fourth-order valence-corrected chi connectivity index (χ4v) is 2.52. The largest absolute Gasteiger partial charge is 0.481 e. The summed E-state index contributed by atoms with van der Waals surface area (Å²) in [5.74, 6) is -0.756. The fraction of sp³-hybridized carbons (Fsp3) is 0.533. The molecule has 1 unspecified atom stereocenters. The van der Waals surface area contributed by atoms with Gasteiger partial charge in [-0.1, -0.05) is 0 Å². The van der Waals surface area contributed by atoms with Gasteiger partial charge in [0.05, 0.1) is 6.42 Å². The van der Waals surface area contributed by atoms with E-state index in [4.69, 9.17) is 5.11 Å². The van der Waals surface area contributed by atoms with Gasteiger partial charge in [0.25, 0.3) is 0 Å². The molecule has 19 heavy (non-hydrogen) atoms. The first-order chi connectivity index (χ1) is 9.08.